The number of hydrogen-bond acceptors (Lipinski definition) is 1. The van der Waals surface area contributed by atoms with Crippen molar-refractivity contribution < 1.29 is 4.57 Å². The van der Waals surface area contributed by atoms with Crippen molar-refractivity contribution in [3.63, 3.8) is 0 Å². The van der Waals surface area contributed by atoms with E-state index < -0.39 is 7.14 Å². The quantitative estimate of drug-likeness (QED) is 0.587. The molecule has 24 heavy (non-hydrogen) atoms. The lowest BCUT2D eigenvalue weighted by atomic mass is 9.98. The molecule has 0 saturated heterocycles. The van der Waals surface area contributed by atoms with Crippen molar-refractivity contribution in [2.75, 3.05) is 0 Å². The summed E-state index contributed by atoms with van der Waals surface area (Å²) in [4.78, 5) is 0. The Morgan fingerprint density at radius 3 is 1.42 bits per heavy atom. The molecule has 1 nitrogen and oxygen atoms in total. The standard InChI is InChI=1S/C22H23OP/c1-18(20-12-6-3-7-13-20)19(2)24(23,21-14-8-4-9-15-21)22-16-10-5-11-17-22/h3-19H,1-2H3/t18-,19+/m0/s1. The summed E-state index contributed by atoms with van der Waals surface area (Å²) in [5, 5.41) is 1.87. The van der Waals surface area contributed by atoms with Crippen molar-refractivity contribution in [1.29, 1.82) is 0 Å². The summed E-state index contributed by atoms with van der Waals surface area (Å²) in [5.41, 5.74) is 1.25. The van der Waals surface area contributed by atoms with Crippen LogP contribution < -0.4 is 10.6 Å². The molecule has 122 valence electrons. The van der Waals surface area contributed by atoms with Crippen LogP contribution in [0.4, 0.5) is 0 Å². The SMILES string of the molecule is C[C@H](c1ccccc1)[C@@H](C)P(=O)(c1ccccc1)c1ccccc1. The molecule has 0 aliphatic heterocycles. The molecule has 0 aliphatic rings. The molecule has 3 aromatic rings. The van der Waals surface area contributed by atoms with Gasteiger partial charge in [-0.2, -0.15) is 0 Å². The molecule has 0 fully saturated rings. The van der Waals surface area contributed by atoms with Gasteiger partial charge in [-0.15, -0.1) is 0 Å². The van der Waals surface area contributed by atoms with Crippen molar-refractivity contribution >= 4 is 17.8 Å². The van der Waals surface area contributed by atoms with Gasteiger partial charge in [0, 0.05) is 16.3 Å². The fourth-order valence-corrected chi connectivity index (χ4v) is 6.54. The van der Waals surface area contributed by atoms with E-state index in [4.69, 9.17) is 0 Å². The molecule has 0 spiro atoms. The smallest absolute Gasteiger partial charge is 0.146 e. The van der Waals surface area contributed by atoms with Gasteiger partial charge in [0.15, 0.2) is 0 Å². The molecule has 2 atom stereocenters. The zero-order valence-electron chi connectivity index (χ0n) is 14.2. The van der Waals surface area contributed by atoms with Gasteiger partial charge in [0.25, 0.3) is 0 Å². The third-order valence-corrected chi connectivity index (χ3v) is 8.63. The monoisotopic (exact) mass is 334 g/mol. The van der Waals surface area contributed by atoms with Crippen LogP contribution in [0.5, 0.6) is 0 Å². The molecule has 0 heterocycles. The van der Waals surface area contributed by atoms with E-state index >= 15 is 0 Å². The van der Waals surface area contributed by atoms with Crippen LogP contribution in [0.1, 0.15) is 25.3 Å². The van der Waals surface area contributed by atoms with Gasteiger partial charge in [-0.3, -0.25) is 0 Å². The van der Waals surface area contributed by atoms with Gasteiger partial charge in [0.05, 0.1) is 0 Å². The van der Waals surface area contributed by atoms with Crippen molar-refractivity contribution in [2.45, 2.75) is 25.4 Å². The largest absolute Gasteiger partial charge is 0.313 e. The van der Waals surface area contributed by atoms with Crippen LogP contribution in [-0.2, 0) is 4.57 Å². The second kappa shape index (κ2) is 7.20. The normalized spacial score (nSPS) is 14.1. The Morgan fingerprint density at radius 2 is 1.00 bits per heavy atom. The van der Waals surface area contributed by atoms with Crippen LogP contribution in [0, 0.1) is 0 Å². The van der Waals surface area contributed by atoms with Gasteiger partial charge in [-0.25, -0.2) is 0 Å². The molecule has 3 rings (SSSR count). The maximum absolute atomic E-state index is 14.3. The van der Waals surface area contributed by atoms with Crippen molar-refractivity contribution in [3.05, 3.63) is 96.6 Å². The lowest BCUT2D eigenvalue weighted by Crippen LogP contribution is -2.27. The topological polar surface area (TPSA) is 17.1 Å². The van der Waals surface area contributed by atoms with Crippen LogP contribution in [0.2, 0.25) is 0 Å². The van der Waals surface area contributed by atoms with E-state index in [-0.39, 0.29) is 11.6 Å². The fraction of sp³-hybridized carbons (Fsp3) is 0.182. The Balaban J connectivity index is 2.11. The Morgan fingerprint density at radius 1 is 0.625 bits per heavy atom. The summed E-state index contributed by atoms with van der Waals surface area (Å²) in [6.45, 7) is 4.30. The van der Waals surface area contributed by atoms with E-state index in [1.165, 1.54) is 5.56 Å². The summed E-state index contributed by atoms with van der Waals surface area (Å²) >= 11 is 0. The first-order valence-electron chi connectivity index (χ1n) is 8.40. The molecule has 2 heteroatoms. The summed E-state index contributed by atoms with van der Waals surface area (Å²) < 4.78 is 14.3. The van der Waals surface area contributed by atoms with Crippen LogP contribution >= 0.6 is 7.14 Å². The fourth-order valence-electron chi connectivity index (χ4n) is 3.27. The highest BCUT2D eigenvalue weighted by Gasteiger charge is 2.37. The van der Waals surface area contributed by atoms with Crippen LogP contribution in [0.25, 0.3) is 0 Å². The number of benzene rings is 3. The molecule has 3 aromatic carbocycles. The van der Waals surface area contributed by atoms with Crippen LogP contribution in [-0.4, -0.2) is 5.66 Å². The molecule has 0 amide bonds. The Hall–Kier alpha value is -2.11. The third-order valence-electron chi connectivity index (χ3n) is 4.90. The average Bonchev–Trinajstić information content (AvgIpc) is 2.68. The maximum Gasteiger partial charge on any atom is 0.146 e. The lowest BCUT2D eigenvalue weighted by molar-refractivity contribution is 0.570. The van der Waals surface area contributed by atoms with Gasteiger partial charge in [0.2, 0.25) is 0 Å². The first kappa shape index (κ1) is 16.7. The van der Waals surface area contributed by atoms with E-state index in [0.29, 0.717) is 0 Å². The first-order valence-corrected chi connectivity index (χ1v) is 10.2. The summed E-state index contributed by atoms with van der Waals surface area (Å²) in [6, 6.07) is 30.2. The third kappa shape index (κ3) is 3.09. The minimum absolute atomic E-state index is 0.0182. The predicted octanol–water partition coefficient (Wildman–Crippen LogP) is 5.19. The van der Waals surface area contributed by atoms with E-state index in [0.717, 1.165) is 10.6 Å². The van der Waals surface area contributed by atoms with Crippen LogP contribution in [0.15, 0.2) is 91.0 Å². The summed E-state index contributed by atoms with van der Waals surface area (Å²) in [6.07, 6.45) is 0. The molecule has 0 aromatic heterocycles. The highest BCUT2D eigenvalue weighted by Crippen LogP contribution is 2.53. The average molecular weight is 334 g/mol. The highest BCUT2D eigenvalue weighted by molar-refractivity contribution is 7.79. The zero-order chi connectivity index (χ0) is 17.0. The van der Waals surface area contributed by atoms with E-state index in [9.17, 15) is 4.57 Å². The van der Waals surface area contributed by atoms with Crippen molar-refractivity contribution in [1.82, 2.24) is 0 Å². The van der Waals surface area contributed by atoms with Gasteiger partial charge in [0.1, 0.15) is 7.14 Å². The predicted molar refractivity (Wildman–Crippen MR) is 104 cm³/mol. The van der Waals surface area contributed by atoms with Crippen molar-refractivity contribution in [2.24, 2.45) is 0 Å². The molecule has 0 aliphatic carbocycles. The summed E-state index contributed by atoms with van der Waals surface area (Å²) in [7, 11) is -2.74. The zero-order valence-corrected chi connectivity index (χ0v) is 15.1. The van der Waals surface area contributed by atoms with Gasteiger partial charge >= 0.3 is 0 Å². The van der Waals surface area contributed by atoms with E-state index in [1.807, 2.05) is 66.7 Å². The Labute approximate surface area is 144 Å². The number of hydrogen-bond donors (Lipinski definition) is 0. The minimum atomic E-state index is -2.74. The van der Waals surface area contributed by atoms with Gasteiger partial charge < -0.3 is 4.57 Å². The maximum atomic E-state index is 14.3. The first-order chi connectivity index (χ1) is 11.6. The minimum Gasteiger partial charge on any atom is -0.313 e. The van der Waals surface area contributed by atoms with Crippen LogP contribution in [0.3, 0.4) is 0 Å². The number of rotatable bonds is 5. The molecular weight excluding hydrogens is 311 g/mol. The molecule has 0 saturated carbocycles. The molecular formula is C22H23OP. The second-order valence-corrected chi connectivity index (χ2v) is 9.43. The van der Waals surface area contributed by atoms with E-state index in [1.54, 1.807) is 0 Å². The van der Waals surface area contributed by atoms with E-state index in [2.05, 4.69) is 38.1 Å². The molecule has 0 bridgehead atoms. The highest BCUT2D eigenvalue weighted by atomic mass is 31.2. The van der Waals surface area contributed by atoms with Gasteiger partial charge in [-0.1, -0.05) is 105 Å². The Bertz CT molecular complexity index is 769. The lowest BCUT2D eigenvalue weighted by Gasteiger charge is -2.30. The summed E-state index contributed by atoms with van der Waals surface area (Å²) in [5.74, 6) is 0.206. The molecule has 0 unspecified atom stereocenters. The second-order valence-electron chi connectivity index (χ2n) is 6.27. The Kier molecular flexibility index (Phi) is 5.02. The van der Waals surface area contributed by atoms with Gasteiger partial charge in [-0.05, 0) is 11.5 Å². The molecule has 0 radical (unpaired) electrons. The molecule has 0 N–H and O–H groups in total. The van der Waals surface area contributed by atoms with Crippen molar-refractivity contribution in [3.8, 4) is 0 Å².